The minimum Gasteiger partial charge on any atom is -0.455 e. The predicted molar refractivity (Wildman–Crippen MR) is 85.1 cm³/mol. The molecular weight excluding hydrogens is 360 g/mol. The van der Waals surface area contributed by atoms with E-state index in [2.05, 4.69) is 21.2 Å². The highest BCUT2D eigenvalue weighted by atomic mass is 79.9. The first kappa shape index (κ1) is 15.8. The van der Waals surface area contributed by atoms with Crippen LogP contribution in [-0.2, 0) is 6.54 Å². The van der Waals surface area contributed by atoms with Crippen LogP contribution in [0.4, 0.5) is 5.69 Å². The number of hydrogen-bond donors (Lipinski definition) is 1. The van der Waals surface area contributed by atoms with Gasteiger partial charge in [0.1, 0.15) is 11.5 Å². The number of rotatable bonds is 5. The number of hydrogen-bond acceptors (Lipinski definition) is 4. The number of nitrogens with one attached hydrogen (secondary N) is 1. The van der Waals surface area contributed by atoms with Crippen LogP contribution in [-0.4, -0.2) is 12.0 Å². The third kappa shape index (κ3) is 3.93. The van der Waals surface area contributed by atoms with E-state index >= 15 is 0 Å². The molecule has 5 nitrogen and oxygen atoms in total. The van der Waals surface area contributed by atoms with Gasteiger partial charge in [0.25, 0.3) is 5.69 Å². The molecule has 0 radical (unpaired) electrons. The van der Waals surface area contributed by atoms with Crippen molar-refractivity contribution in [3.05, 3.63) is 61.6 Å². The number of nitro groups is 1. The number of nitro benzene ring substituents is 1. The Morgan fingerprint density at radius 3 is 2.81 bits per heavy atom. The second-order valence-corrected chi connectivity index (χ2v) is 5.59. The van der Waals surface area contributed by atoms with Crippen molar-refractivity contribution in [3.63, 3.8) is 0 Å². The van der Waals surface area contributed by atoms with E-state index in [1.165, 1.54) is 12.1 Å². The summed E-state index contributed by atoms with van der Waals surface area (Å²) in [6.45, 7) is 0.575. The second kappa shape index (κ2) is 6.89. The smallest absolute Gasteiger partial charge is 0.274 e. The molecule has 0 saturated heterocycles. The lowest BCUT2D eigenvalue weighted by molar-refractivity contribution is -0.385. The van der Waals surface area contributed by atoms with Gasteiger partial charge in [0.15, 0.2) is 0 Å². The Hall–Kier alpha value is -1.63. The van der Waals surface area contributed by atoms with E-state index < -0.39 is 4.92 Å². The lowest BCUT2D eigenvalue weighted by Crippen LogP contribution is -2.06. The average Bonchev–Trinajstić information content (AvgIpc) is 2.42. The zero-order valence-corrected chi connectivity index (χ0v) is 13.4. The van der Waals surface area contributed by atoms with Crippen molar-refractivity contribution in [1.82, 2.24) is 5.32 Å². The number of benzene rings is 2. The monoisotopic (exact) mass is 370 g/mol. The summed E-state index contributed by atoms with van der Waals surface area (Å²) in [5.74, 6) is 0.836. The van der Waals surface area contributed by atoms with Crippen LogP contribution >= 0.6 is 27.5 Å². The fraction of sp³-hybridized carbons (Fsp3) is 0.143. The Kier molecular flexibility index (Phi) is 5.17. The summed E-state index contributed by atoms with van der Waals surface area (Å²) in [7, 11) is 1.81. The summed E-state index contributed by atoms with van der Waals surface area (Å²) in [6, 6.07) is 9.84. The molecule has 2 aromatic rings. The first-order chi connectivity index (χ1) is 10.0. The van der Waals surface area contributed by atoms with E-state index in [0.717, 1.165) is 5.56 Å². The highest BCUT2D eigenvalue weighted by molar-refractivity contribution is 9.10. The first-order valence-corrected chi connectivity index (χ1v) is 7.23. The third-order valence-electron chi connectivity index (χ3n) is 2.70. The minimum atomic E-state index is -0.473. The summed E-state index contributed by atoms with van der Waals surface area (Å²) < 4.78 is 6.32. The van der Waals surface area contributed by atoms with Gasteiger partial charge in [-0.3, -0.25) is 10.1 Å². The van der Waals surface area contributed by atoms with Crippen LogP contribution in [0.15, 0.2) is 40.9 Å². The van der Waals surface area contributed by atoms with Crippen LogP contribution < -0.4 is 10.1 Å². The topological polar surface area (TPSA) is 64.4 Å². The van der Waals surface area contributed by atoms with Crippen LogP contribution in [0.25, 0.3) is 0 Å². The van der Waals surface area contributed by atoms with Gasteiger partial charge in [-0.15, -0.1) is 0 Å². The first-order valence-electron chi connectivity index (χ1n) is 6.06. The number of halogens is 2. The van der Waals surface area contributed by atoms with Gasteiger partial charge in [0.05, 0.1) is 16.0 Å². The quantitative estimate of drug-likeness (QED) is 0.620. The molecule has 0 saturated carbocycles. The molecule has 0 atom stereocenters. The Bertz CT molecular complexity index is 679. The van der Waals surface area contributed by atoms with Crippen LogP contribution in [0.2, 0.25) is 5.02 Å². The highest BCUT2D eigenvalue weighted by Crippen LogP contribution is 2.35. The molecule has 2 aromatic carbocycles. The van der Waals surface area contributed by atoms with Gasteiger partial charge in [-0.1, -0.05) is 39.7 Å². The summed E-state index contributed by atoms with van der Waals surface area (Å²) >= 11 is 9.39. The average molecular weight is 372 g/mol. The summed E-state index contributed by atoms with van der Waals surface area (Å²) in [4.78, 5) is 10.4. The SMILES string of the molecule is CNCc1cccc(Cl)c1Oc1cc(Br)cc([N+](=O)[O-])c1. The molecule has 2 rings (SSSR count). The van der Waals surface area contributed by atoms with Crippen molar-refractivity contribution in [1.29, 1.82) is 0 Å². The number of para-hydroxylation sites is 1. The van der Waals surface area contributed by atoms with E-state index in [1.807, 2.05) is 19.2 Å². The Morgan fingerprint density at radius 1 is 1.38 bits per heavy atom. The fourth-order valence-corrected chi connectivity index (χ4v) is 2.52. The molecule has 0 amide bonds. The van der Waals surface area contributed by atoms with Gasteiger partial charge in [0, 0.05) is 22.6 Å². The van der Waals surface area contributed by atoms with E-state index in [-0.39, 0.29) is 5.69 Å². The molecule has 0 fully saturated rings. The maximum atomic E-state index is 10.9. The predicted octanol–water partition coefficient (Wildman–Crippen LogP) is 4.52. The molecule has 0 bridgehead atoms. The van der Waals surface area contributed by atoms with Gasteiger partial charge >= 0.3 is 0 Å². The summed E-state index contributed by atoms with van der Waals surface area (Å²) in [5.41, 5.74) is 0.814. The number of nitrogens with zero attached hydrogens (tertiary/aromatic N) is 1. The largest absolute Gasteiger partial charge is 0.455 e. The van der Waals surface area contributed by atoms with Crippen LogP contribution in [0.1, 0.15) is 5.56 Å². The second-order valence-electron chi connectivity index (χ2n) is 4.26. The molecule has 110 valence electrons. The maximum absolute atomic E-state index is 10.9. The normalized spacial score (nSPS) is 10.4. The lowest BCUT2D eigenvalue weighted by Gasteiger charge is -2.13. The Labute approximate surface area is 135 Å². The fourth-order valence-electron chi connectivity index (χ4n) is 1.83. The Balaban J connectivity index is 2.40. The van der Waals surface area contributed by atoms with Crippen molar-refractivity contribution in [2.75, 3.05) is 7.05 Å². The molecule has 0 heterocycles. The van der Waals surface area contributed by atoms with E-state index in [1.54, 1.807) is 12.1 Å². The zero-order chi connectivity index (χ0) is 15.4. The zero-order valence-electron chi connectivity index (χ0n) is 11.1. The molecule has 0 aliphatic carbocycles. The third-order valence-corrected chi connectivity index (χ3v) is 3.46. The van der Waals surface area contributed by atoms with Crippen molar-refractivity contribution in [3.8, 4) is 11.5 Å². The van der Waals surface area contributed by atoms with E-state index in [4.69, 9.17) is 16.3 Å². The molecule has 0 aliphatic heterocycles. The molecule has 7 heteroatoms. The highest BCUT2D eigenvalue weighted by Gasteiger charge is 2.13. The maximum Gasteiger partial charge on any atom is 0.274 e. The summed E-state index contributed by atoms with van der Waals surface area (Å²) in [5, 5.41) is 14.4. The molecular formula is C14H12BrClN2O3. The number of ether oxygens (including phenoxy) is 1. The molecule has 0 unspecified atom stereocenters. The van der Waals surface area contributed by atoms with Crippen molar-refractivity contribution < 1.29 is 9.66 Å². The lowest BCUT2D eigenvalue weighted by atomic mass is 10.2. The van der Waals surface area contributed by atoms with Gasteiger partial charge in [-0.2, -0.15) is 0 Å². The standard InChI is InChI=1S/C14H12BrClN2O3/c1-17-8-9-3-2-4-13(16)14(9)21-12-6-10(15)5-11(7-12)18(19)20/h2-7,17H,8H2,1H3. The molecule has 0 spiro atoms. The molecule has 1 N–H and O–H groups in total. The van der Waals surface area contributed by atoms with Gasteiger partial charge in [-0.05, 0) is 19.2 Å². The van der Waals surface area contributed by atoms with Crippen molar-refractivity contribution >= 4 is 33.2 Å². The van der Waals surface area contributed by atoms with E-state index in [9.17, 15) is 10.1 Å². The van der Waals surface area contributed by atoms with Crippen LogP contribution in [0.5, 0.6) is 11.5 Å². The molecule has 21 heavy (non-hydrogen) atoms. The van der Waals surface area contributed by atoms with Crippen molar-refractivity contribution in [2.24, 2.45) is 0 Å². The van der Waals surface area contributed by atoms with E-state index in [0.29, 0.717) is 27.5 Å². The van der Waals surface area contributed by atoms with Crippen LogP contribution in [0.3, 0.4) is 0 Å². The van der Waals surface area contributed by atoms with Crippen molar-refractivity contribution in [2.45, 2.75) is 6.54 Å². The van der Waals surface area contributed by atoms with Gasteiger partial charge < -0.3 is 10.1 Å². The van der Waals surface area contributed by atoms with Gasteiger partial charge in [-0.25, -0.2) is 0 Å². The molecule has 0 aliphatic rings. The van der Waals surface area contributed by atoms with Gasteiger partial charge in [0.2, 0.25) is 0 Å². The number of non-ortho nitro benzene ring substituents is 1. The summed E-state index contributed by atoms with van der Waals surface area (Å²) in [6.07, 6.45) is 0. The minimum absolute atomic E-state index is 0.0541. The Morgan fingerprint density at radius 2 is 2.14 bits per heavy atom. The molecule has 0 aromatic heterocycles. The van der Waals surface area contributed by atoms with Crippen LogP contribution in [0, 0.1) is 10.1 Å².